The van der Waals surface area contributed by atoms with Crippen molar-refractivity contribution in [3.8, 4) is 0 Å². The molecule has 3 nitrogen and oxygen atoms in total. The Labute approximate surface area is 136 Å². The molecule has 3 unspecified atom stereocenters. The zero-order valence-corrected chi connectivity index (χ0v) is 14.1. The Balaban J connectivity index is 1.79. The van der Waals surface area contributed by atoms with E-state index < -0.39 is 0 Å². The fourth-order valence-electron chi connectivity index (χ4n) is 5.66. The number of aromatic nitrogens is 1. The summed E-state index contributed by atoms with van der Waals surface area (Å²) in [4.78, 5) is 17.0. The van der Waals surface area contributed by atoms with Crippen molar-refractivity contribution in [1.82, 2.24) is 10.3 Å². The van der Waals surface area contributed by atoms with Crippen LogP contribution in [0.1, 0.15) is 56.1 Å². The number of nitrogens with one attached hydrogen (secondary N) is 2. The zero-order chi connectivity index (χ0) is 16.0. The maximum Gasteiger partial charge on any atom is 0.182 e. The number of rotatable bonds is 0. The van der Waals surface area contributed by atoms with E-state index in [0.29, 0.717) is 17.6 Å². The van der Waals surface area contributed by atoms with Gasteiger partial charge in [0.25, 0.3) is 0 Å². The molecule has 1 saturated heterocycles. The highest BCUT2D eigenvalue weighted by molar-refractivity contribution is 6.13. The monoisotopic (exact) mass is 308 g/mol. The van der Waals surface area contributed by atoms with E-state index in [1.165, 1.54) is 25.0 Å². The molecule has 2 heterocycles. The van der Waals surface area contributed by atoms with Gasteiger partial charge in [0, 0.05) is 33.1 Å². The molecule has 3 aliphatic rings. The van der Waals surface area contributed by atoms with Crippen LogP contribution in [0.2, 0.25) is 0 Å². The van der Waals surface area contributed by atoms with Gasteiger partial charge in [0.15, 0.2) is 5.78 Å². The minimum atomic E-state index is -0.0294. The number of hydrogen-bond acceptors (Lipinski definition) is 2. The van der Waals surface area contributed by atoms with Crippen LogP contribution >= 0.6 is 0 Å². The highest BCUT2D eigenvalue weighted by Gasteiger charge is 2.58. The maximum absolute atomic E-state index is 13.3. The van der Waals surface area contributed by atoms with Gasteiger partial charge in [-0.15, -0.1) is 0 Å². The molecule has 2 aromatic rings. The first-order valence-electron chi connectivity index (χ1n) is 8.85. The molecule has 1 aliphatic heterocycles. The smallest absolute Gasteiger partial charge is 0.182 e. The van der Waals surface area contributed by atoms with E-state index in [1.807, 2.05) is 12.1 Å². The van der Waals surface area contributed by atoms with Gasteiger partial charge in [0.1, 0.15) is 0 Å². The van der Waals surface area contributed by atoms with Crippen LogP contribution in [0.25, 0.3) is 10.9 Å². The van der Waals surface area contributed by atoms with Crippen LogP contribution in [0.15, 0.2) is 24.3 Å². The van der Waals surface area contributed by atoms with Crippen molar-refractivity contribution in [2.75, 3.05) is 0 Å². The van der Waals surface area contributed by atoms with Crippen LogP contribution in [0.4, 0.5) is 0 Å². The molecule has 3 heteroatoms. The number of aromatic amines is 1. The van der Waals surface area contributed by atoms with Crippen molar-refractivity contribution < 1.29 is 4.79 Å². The van der Waals surface area contributed by atoms with Gasteiger partial charge in [-0.05, 0) is 51.0 Å². The van der Waals surface area contributed by atoms with Crippen LogP contribution < -0.4 is 5.32 Å². The third kappa shape index (κ3) is 1.56. The van der Waals surface area contributed by atoms with E-state index >= 15 is 0 Å². The number of Topliss-reactive ketones (excluding diaryl/α,β-unsaturated/α-hetero) is 1. The van der Waals surface area contributed by atoms with Gasteiger partial charge in [-0.3, -0.25) is 4.79 Å². The Bertz CT molecular complexity index is 833. The lowest BCUT2D eigenvalue weighted by atomic mass is 9.51. The lowest BCUT2D eigenvalue weighted by Gasteiger charge is -2.58. The van der Waals surface area contributed by atoms with E-state index in [9.17, 15) is 4.79 Å². The first-order chi connectivity index (χ1) is 10.9. The van der Waals surface area contributed by atoms with Gasteiger partial charge in [-0.2, -0.15) is 0 Å². The SMILES string of the molecule is CC1(C)NC2C(=O)c3c([nH]c4ccccc34)[C@]3(C)CCC1CC23. The highest BCUT2D eigenvalue weighted by Crippen LogP contribution is 2.56. The Hall–Kier alpha value is -1.61. The van der Waals surface area contributed by atoms with Crippen LogP contribution in [-0.2, 0) is 5.41 Å². The third-order valence-electron chi connectivity index (χ3n) is 7.13. The molecule has 2 N–H and O–H groups in total. The van der Waals surface area contributed by atoms with Crippen LogP contribution in [0.3, 0.4) is 0 Å². The second-order valence-electron chi connectivity index (χ2n) is 8.62. The third-order valence-corrected chi connectivity index (χ3v) is 7.13. The van der Waals surface area contributed by atoms with Crippen molar-refractivity contribution in [2.24, 2.45) is 11.8 Å². The standard InChI is InChI=1S/C20H24N2O/c1-19(2)11-8-9-20(3)13(10-11)16(22-19)17(23)15-12-6-4-5-7-14(12)21-18(15)20/h4-7,11,13,16,21-22H,8-10H2,1-3H3/t11?,13?,16?,20-/m1/s1. The van der Waals surface area contributed by atoms with Crippen LogP contribution in [0.5, 0.6) is 0 Å². The molecule has 2 bridgehead atoms. The zero-order valence-electron chi connectivity index (χ0n) is 14.1. The predicted molar refractivity (Wildman–Crippen MR) is 91.8 cm³/mol. The number of piperidine rings is 1. The predicted octanol–water partition coefficient (Wildman–Crippen LogP) is 3.79. The summed E-state index contributed by atoms with van der Waals surface area (Å²) in [5.41, 5.74) is 3.40. The van der Waals surface area contributed by atoms with E-state index in [-0.39, 0.29) is 17.0 Å². The molecular formula is C20H24N2O. The Morgan fingerprint density at radius 2 is 1.96 bits per heavy atom. The second kappa shape index (κ2) is 4.07. The van der Waals surface area contributed by atoms with Crippen LogP contribution in [0, 0.1) is 11.8 Å². The summed E-state index contributed by atoms with van der Waals surface area (Å²) in [7, 11) is 0. The van der Waals surface area contributed by atoms with E-state index in [2.05, 4.69) is 43.2 Å². The van der Waals surface area contributed by atoms with Gasteiger partial charge < -0.3 is 10.3 Å². The fraction of sp³-hybridized carbons (Fsp3) is 0.550. The first kappa shape index (κ1) is 13.8. The molecule has 1 aromatic carbocycles. The van der Waals surface area contributed by atoms with Crippen molar-refractivity contribution >= 4 is 16.7 Å². The molecule has 5 rings (SSSR count). The number of ketones is 1. The van der Waals surface area contributed by atoms with Gasteiger partial charge >= 0.3 is 0 Å². The molecule has 1 saturated carbocycles. The lowest BCUT2D eigenvalue weighted by Crippen LogP contribution is -2.68. The van der Waals surface area contributed by atoms with Crippen LogP contribution in [-0.4, -0.2) is 22.3 Å². The van der Waals surface area contributed by atoms with Crippen molar-refractivity contribution in [1.29, 1.82) is 0 Å². The molecular weight excluding hydrogens is 284 g/mol. The number of H-pyrrole nitrogens is 1. The fourth-order valence-corrected chi connectivity index (χ4v) is 5.66. The number of fused-ring (bicyclic) bond motifs is 5. The molecule has 2 aliphatic carbocycles. The number of carbonyl (C=O) groups is 1. The lowest BCUT2D eigenvalue weighted by molar-refractivity contribution is 0.00379. The summed E-state index contributed by atoms with van der Waals surface area (Å²) in [5, 5.41) is 4.83. The maximum atomic E-state index is 13.3. The molecule has 1 aromatic heterocycles. The summed E-state index contributed by atoms with van der Waals surface area (Å²) in [6.45, 7) is 6.92. The summed E-state index contributed by atoms with van der Waals surface area (Å²) >= 11 is 0. The van der Waals surface area contributed by atoms with E-state index in [1.54, 1.807) is 0 Å². The topological polar surface area (TPSA) is 44.9 Å². The van der Waals surface area contributed by atoms with E-state index in [0.717, 1.165) is 16.5 Å². The first-order valence-corrected chi connectivity index (χ1v) is 8.85. The van der Waals surface area contributed by atoms with Gasteiger partial charge in [0.2, 0.25) is 0 Å². The molecule has 23 heavy (non-hydrogen) atoms. The summed E-state index contributed by atoms with van der Waals surface area (Å²) < 4.78 is 0. The quantitative estimate of drug-likeness (QED) is 0.778. The van der Waals surface area contributed by atoms with Crippen molar-refractivity contribution in [3.05, 3.63) is 35.5 Å². The summed E-state index contributed by atoms with van der Waals surface area (Å²) in [6.07, 6.45) is 3.58. The normalized spacial score (nSPS) is 37.7. The van der Waals surface area contributed by atoms with Gasteiger partial charge in [0.05, 0.1) is 6.04 Å². The molecule has 4 atom stereocenters. The van der Waals surface area contributed by atoms with Gasteiger partial charge in [-0.1, -0.05) is 25.1 Å². The summed E-state index contributed by atoms with van der Waals surface area (Å²) in [6, 6.07) is 8.23. The van der Waals surface area contributed by atoms with Gasteiger partial charge in [-0.25, -0.2) is 0 Å². The molecule has 120 valence electrons. The molecule has 0 radical (unpaired) electrons. The minimum Gasteiger partial charge on any atom is -0.357 e. The number of benzene rings is 1. The van der Waals surface area contributed by atoms with Crippen molar-refractivity contribution in [3.63, 3.8) is 0 Å². The Kier molecular flexibility index (Phi) is 2.44. The number of para-hydroxylation sites is 1. The summed E-state index contributed by atoms with van der Waals surface area (Å²) in [5.74, 6) is 1.39. The second-order valence-corrected chi connectivity index (χ2v) is 8.62. The largest absolute Gasteiger partial charge is 0.357 e. The molecule has 2 fully saturated rings. The molecule has 0 amide bonds. The number of carbonyl (C=O) groups excluding carboxylic acids is 1. The number of hydrogen-bond donors (Lipinski definition) is 2. The minimum absolute atomic E-state index is 0.0294. The highest BCUT2D eigenvalue weighted by atomic mass is 16.1. The molecule has 0 spiro atoms. The van der Waals surface area contributed by atoms with E-state index in [4.69, 9.17) is 0 Å². The average molecular weight is 308 g/mol. The Morgan fingerprint density at radius 1 is 1.17 bits per heavy atom. The van der Waals surface area contributed by atoms with Crippen molar-refractivity contribution in [2.45, 2.75) is 57.0 Å². The average Bonchev–Trinajstić information content (AvgIpc) is 2.92. The Morgan fingerprint density at radius 3 is 2.78 bits per heavy atom.